The van der Waals surface area contributed by atoms with Crippen molar-refractivity contribution in [1.82, 2.24) is 0 Å². The Kier molecular flexibility index (Phi) is 6.22. The Morgan fingerprint density at radius 2 is 1.88 bits per heavy atom. The largest absolute Gasteiger partial charge is 0.393 e. The van der Waals surface area contributed by atoms with E-state index in [9.17, 15) is 13.5 Å². The third-order valence-electron chi connectivity index (χ3n) is 2.92. The Bertz CT molecular complexity index is 379. The number of hydrogen-bond acceptors (Lipinski definition) is 3. The number of aryl methyl sites for hydroxylation is 1. The molecule has 0 spiro atoms. The van der Waals surface area contributed by atoms with Crippen molar-refractivity contribution in [3.8, 4) is 0 Å². The van der Waals surface area contributed by atoms with Crippen LogP contribution in [0.25, 0.3) is 0 Å². The van der Waals surface area contributed by atoms with Gasteiger partial charge >= 0.3 is 0 Å². The van der Waals surface area contributed by atoms with E-state index in [-0.39, 0.29) is 0 Å². The summed E-state index contributed by atoms with van der Waals surface area (Å²) in [7, 11) is -2.42. The summed E-state index contributed by atoms with van der Waals surface area (Å²) in [6.45, 7) is 1.83. The van der Waals surface area contributed by atoms with Gasteiger partial charge in [0.2, 0.25) is 0 Å². The normalized spacial score (nSPS) is 14.8. The minimum absolute atomic E-state index is 0.349. The highest BCUT2D eigenvalue weighted by molar-refractivity contribution is 7.73. The summed E-state index contributed by atoms with van der Waals surface area (Å²) < 4.78 is 21.7. The number of rotatable bonds is 7. The molecule has 2 atom stereocenters. The van der Waals surface area contributed by atoms with Crippen LogP contribution in [0.3, 0.4) is 0 Å². The highest BCUT2D eigenvalue weighted by atomic mass is 32.2. The fraction of sp³-hybridized carbons (Fsp3) is 0.538. The summed E-state index contributed by atoms with van der Waals surface area (Å²) in [4.78, 5) is 0. The molecule has 1 rings (SSSR count). The first-order chi connectivity index (χ1) is 8.13. The van der Waals surface area contributed by atoms with Gasteiger partial charge in [0.15, 0.2) is 0 Å². The summed E-state index contributed by atoms with van der Waals surface area (Å²) in [6.07, 6.45) is 1.79. The predicted octanol–water partition coefficient (Wildman–Crippen LogP) is 1.76. The van der Waals surface area contributed by atoms with Gasteiger partial charge in [-0.25, -0.2) is 8.42 Å². The van der Waals surface area contributed by atoms with Crippen molar-refractivity contribution >= 4 is 10.7 Å². The molecule has 1 aromatic carbocycles. The molecule has 0 aliphatic rings. The molecule has 4 heteroatoms. The van der Waals surface area contributed by atoms with Crippen LogP contribution in [0.1, 0.15) is 31.7 Å². The van der Waals surface area contributed by atoms with Crippen molar-refractivity contribution in [3.05, 3.63) is 35.9 Å². The summed E-state index contributed by atoms with van der Waals surface area (Å²) >= 11 is 0. The maximum Gasteiger partial charge on any atom is 0.143 e. The lowest BCUT2D eigenvalue weighted by Gasteiger charge is -2.14. The van der Waals surface area contributed by atoms with E-state index < -0.39 is 22.1 Å². The highest BCUT2D eigenvalue weighted by Crippen LogP contribution is 2.12. The fourth-order valence-electron chi connectivity index (χ4n) is 1.81. The van der Waals surface area contributed by atoms with Crippen LogP contribution in [-0.2, 0) is 17.1 Å². The van der Waals surface area contributed by atoms with Crippen LogP contribution in [0.2, 0.25) is 0 Å². The molecule has 1 aromatic rings. The monoisotopic (exact) mass is 256 g/mol. The van der Waals surface area contributed by atoms with Gasteiger partial charge in [0.1, 0.15) is 10.7 Å². The molecular formula is C13H20O3S. The zero-order valence-corrected chi connectivity index (χ0v) is 11.0. The van der Waals surface area contributed by atoms with Gasteiger partial charge in [0.05, 0.1) is 11.4 Å². The van der Waals surface area contributed by atoms with Crippen LogP contribution >= 0.6 is 0 Å². The van der Waals surface area contributed by atoms with Crippen molar-refractivity contribution in [2.75, 3.05) is 0 Å². The van der Waals surface area contributed by atoms with Gasteiger partial charge in [-0.2, -0.15) is 0 Å². The smallest absolute Gasteiger partial charge is 0.143 e. The van der Waals surface area contributed by atoms with Gasteiger partial charge in [0, 0.05) is 0 Å². The molecule has 0 aliphatic carbocycles. The van der Waals surface area contributed by atoms with E-state index in [1.807, 2.05) is 37.3 Å². The van der Waals surface area contributed by atoms with Crippen LogP contribution in [0, 0.1) is 0 Å². The third kappa shape index (κ3) is 5.33. The van der Waals surface area contributed by atoms with Gasteiger partial charge in [-0.1, -0.05) is 37.3 Å². The molecule has 0 aliphatic heterocycles. The van der Waals surface area contributed by atoms with Crippen molar-refractivity contribution in [2.45, 2.75) is 44.0 Å². The van der Waals surface area contributed by atoms with Crippen LogP contribution in [-0.4, -0.2) is 24.9 Å². The molecule has 0 heterocycles. The molecule has 1 N–H and O–H groups in total. The average molecular weight is 256 g/mol. The Morgan fingerprint density at radius 3 is 2.41 bits per heavy atom. The molecule has 0 aromatic heterocycles. The van der Waals surface area contributed by atoms with Crippen molar-refractivity contribution in [3.63, 3.8) is 0 Å². The van der Waals surface area contributed by atoms with E-state index in [1.165, 1.54) is 5.56 Å². The summed E-state index contributed by atoms with van der Waals surface area (Å²) in [5, 5.41) is 9.40. The molecule has 96 valence electrons. The summed E-state index contributed by atoms with van der Waals surface area (Å²) in [6, 6.07) is 9.90. The van der Waals surface area contributed by atoms with Gasteiger partial charge in [-0.15, -0.1) is 0 Å². The summed E-state index contributed by atoms with van der Waals surface area (Å²) in [5.74, 6) is 0. The Hall–Kier alpha value is -0.870. The van der Waals surface area contributed by atoms with E-state index in [0.29, 0.717) is 19.3 Å². The predicted molar refractivity (Wildman–Crippen MR) is 69.8 cm³/mol. The van der Waals surface area contributed by atoms with Crippen LogP contribution in [0.4, 0.5) is 0 Å². The number of aliphatic hydroxyl groups excluding tert-OH is 1. The molecule has 2 unspecified atom stereocenters. The Balaban J connectivity index is 2.37. The first-order valence-electron chi connectivity index (χ1n) is 5.99. The molecule has 17 heavy (non-hydrogen) atoms. The van der Waals surface area contributed by atoms with E-state index in [2.05, 4.69) is 0 Å². The quantitative estimate of drug-likeness (QED) is 0.731. The van der Waals surface area contributed by atoms with Crippen molar-refractivity contribution in [1.29, 1.82) is 0 Å². The number of hydrogen-bond donors (Lipinski definition) is 2. The van der Waals surface area contributed by atoms with E-state index in [4.69, 9.17) is 0 Å². The zero-order valence-electron chi connectivity index (χ0n) is 10.1. The first kappa shape index (κ1) is 14.2. The minimum Gasteiger partial charge on any atom is -0.393 e. The van der Waals surface area contributed by atoms with E-state index in [0.717, 1.165) is 6.42 Å². The topological polar surface area (TPSA) is 54.4 Å². The van der Waals surface area contributed by atoms with Crippen molar-refractivity contribution < 1.29 is 13.5 Å². The van der Waals surface area contributed by atoms with E-state index >= 15 is 0 Å². The number of thiol groups is 1. The second-order valence-electron chi connectivity index (χ2n) is 4.26. The highest BCUT2D eigenvalue weighted by Gasteiger charge is 2.15. The van der Waals surface area contributed by atoms with Gasteiger partial charge in [-0.3, -0.25) is 0 Å². The first-order valence-corrected chi connectivity index (χ1v) is 7.23. The van der Waals surface area contributed by atoms with Crippen LogP contribution in [0.15, 0.2) is 30.3 Å². The Morgan fingerprint density at radius 1 is 1.24 bits per heavy atom. The second-order valence-corrected chi connectivity index (χ2v) is 5.56. The lowest BCUT2D eigenvalue weighted by atomic mass is 10.0. The second kappa shape index (κ2) is 7.45. The number of benzene rings is 1. The maximum atomic E-state index is 10.9. The molecule has 0 saturated carbocycles. The Labute approximate surface area is 104 Å². The SMILES string of the molecule is CCC(CC(O)CCc1ccccc1)[SH](=O)=O. The zero-order chi connectivity index (χ0) is 12.7. The van der Waals surface area contributed by atoms with Gasteiger partial charge in [0.25, 0.3) is 0 Å². The molecule has 0 saturated heterocycles. The van der Waals surface area contributed by atoms with Crippen LogP contribution < -0.4 is 0 Å². The average Bonchev–Trinajstić information content (AvgIpc) is 2.34. The fourth-order valence-corrected chi connectivity index (χ4v) is 2.53. The maximum absolute atomic E-state index is 10.9. The van der Waals surface area contributed by atoms with Gasteiger partial charge in [-0.05, 0) is 31.2 Å². The molecule has 0 bridgehead atoms. The van der Waals surface area contributed by atoms with Crippen molar-refractivity contribution in [2.24, 2.45) is 0 Å². The van der Waals surface area contributed by atoms with Crippen LogP contribution in [0.5, 0.6) is 0 Å². The molecular weight excluding hydrogens is 236 g/mol. The molecule has 0 amide bonds. The van der Waals surface area contributed by atoms with Gasteiger partial charge < -0.3 is 5.11 Å². The molecule has 0 radical (unpaired) electrons. The minimum atomic E-state index is -2.42. The number of aliphatic hydroxyl groups is 1. The standard InChI is InChI=1S/C13H20O3S/c1-2-13(17(15)16)10-12(14)9-8-11-6-4-3-5-7-11/h3-7,12-14,17H,2,8-10H2,1H3. The molecule has 0 fully saturated rings. The summed E-state index contributed by atoms with van der Waals surface area (Å²) in [5.41, 5.74) is 1.17. The lowest BCUT2D eigenvalue weighted by molar-refractivity contribution is 0.153. The molecule has 3 nitrogen and oxygen atoms in total. The van der Waals surface area contributed by atoms with E-state index in [1.54, 1.807) is 0 Å². The lowest BCUT2D eigenvalue weighted by Crippen LogP contribution is -2.19. The third-order valence-corrected chi connectivity index (χ3v) is 4.09.